The van der Waals surface area contributed by atoms with Crippen molar-refractivity contribution in [3.05, 3.63) is 79.1 Å². The number of aromatic nitrogens is 1. The van der Waals surface area contributed by atoms with Crippen molar-refractivity contribution in [1.29, 1.82) is 0 Å². The molecule has 120 valence electrons. The molecule has 0 bridgehead atoms. The number of halogens is 1. The van der Waals surface area contributed by atoms with Crippen LogP contribution in [0.1, 0.15) is 11.3 Å². The first-order valence-electron chi connectivity index (χ1n) is 6.93. The quantitative estimate of drug-likeness (QED) is 0.556. The van der Waals surface area contributed by atoms with Gasteiger partial charge in [0.25, 0.3) is 0 Å². The van der Waals surface area contributed by atoms with Gasteiger partial charge in [-0.3, -0.25) is 14.9 Å². The number of nitrogens with zero attached hydrogens (tertiary/aromatic N) is 1. The van der Waals surface area contributed by atoms with E-state index in [9.17, 15) is 20.0 Å². The number of pyridine rings is 1. The zero-order valence-electron chi connectivity index (χ0n) is 12.2. The largest absolute Gasteiger partial charge is 0.502 e. The Labute approximate surface area is 140 Å². The second-order valence-corrected chi connectivity index (χ2v) is 5.52. The highest BCUT2D eigenvalue weighted by Crippen LogP contribution is 2.34. The van der Waals surface area contributed by atoms with E-state index in [4.69, 9.17) is 11.6 Å². The lowest BCUT2D eigenvalue weighted by atomic mass is 10.1. The molecule has 0 unspecified atom stereocenters. The van der Waals surface area contributed by atoms with Gasteiger partial charge in [0.15, 0.2) is 5.43 Å². The number of fused-ring (bicyclic) bond motifs is 1. The summed E-state index contributed by atoms with van der Waals surface area (Å²) >= 11 is 5.84. The van der Waals surface area contributed by atoms with Crippen LogP contribution in [0.25, 0.3) is 23.1 Å². The van der Waals surface area contributed by atoms with E-state index in [0.29, 0.717) is 16.6 Å². The summed E-state index contributed by atoms with van der Waals surface area (Å²) in [5.41, 5.74) is 0.731. The third-order valence-electron chi connectivity index (χ3n) is 3.48. The Bertz CT molecular complexity index is 1040. The van der Waals surface area contributed by atoms with Crippen LogP contribution in [0.4, 0.5) is 5.69 Å². The van der Waals surface area contributed by atoms with Crippen molar-refractivity contribution in [3.8, 4) is 5.75 Å². The highest BCUT2D eigenvalue weighted by atomic mass is 35.5. The first kappa shape index (κ1) is 15.8. The fourth-order valence-corrected chi connectivity index (χ4v) is 2.58. The molecule has 3 aromatic rings. The smallest absolute Gasteiger partial charge is 0.312 e. The molecule has 0 saturated carbocycles. The molecule has 1 aromatic heterocycles. The zero-order chi connectivity index (χ0) is 17.3. The van der Waals surface area contributed by atoms with Gasteiger partial charge in [0, 0.05) is 39.3 Å². The van der Waals surface area contributed by atoms with Crippen LogP contribution in [0.5, 0.6) is 5.75 Å². The lowest BCUT2D eigenvalue weighted by molar-refractivity contribution is -0.385. The van der Waals surface area contributed by atoms with Crippen LogP contribution >= 0.6 is 11.6 Å². The van der Waals surface area contributed by atoms with Crippen LogP contribution in [0.2, 0.25) is 5.02 Å². The fraction of sp³-hybridized carbons (Fsp3) is 0. The lowest BCUT2D eigenvalue weighted by Gasteiger charge is -2.03. The van der Waals surface area contributed by atoms with E-state index in [1.807, 2.05) is 0 Å². The number of phenols is 1. The van der Waals surface area contributed by atoms with Crippen LogP contribution in [0.15, 0.2) is 47.3 Å². The summed E-state index contributed by atoms with van der Waals surface area (Å²) in [7, 11) is 0. The summed E-state index contributed by atoms with van der Waals surface area (Å²) in [4.78, 5) is 25.3. The van der Waals surface area contributed by atoms with Gasteiger partial charge < -0.3 is 10.1 Å². The van der Waals surface area contributed by atoms with Gasteiger partial charge in [-0.1, -0.05) is 23.7 Å². The third kappa shape index (κ3) is 3.00. The topological polar surface area (TPSA) is 96.2 Å². The van der Waals surface area contributed by atoms with Gasteiger partial charge in [-0.15, -0.1) is 0 Å². The lowest BCUT2D eigenvalue weighted by Crippen LogP contribution is -2.02. The summed E-state index contributed by atoms with van der Waals surface area (Å²) in [5.74, 6) is -0.483. The van der Waals surface area contributed by atoms with Gasteiger partial charge in [-0.25, -0.2) is 0 Å². The minimum atomic E-state index is -0.712. The molecule has 2 N–H and O–H groups in total. The van der Waals surface area contributed by atoms with Crippen LogP contribution in [0.3, 0.4) is 0 Å². The number of hydrogen-bond donors (Lipinski definition) is 2. The molecule has 1 heterocycles. The fourth-order valence-electron chi connectivity index (χ4n) is 2.36. The molecule has 0 saturated heterocycles. The molecule has 0 fully saturated rings. The molecule has 6 nitrogen and oxygen atoms in total. The number of rotatable bonds is 3. The number of nitrogens with one attached hydrogen (secondary N) is 1. The summed E-state index contributed by atoms with van der Waals surface area (Å²) in [6.07, 6.45) is 3.00. The van der Waals surface area contributed by atoms with Crippen molar-refractivity contribution in [2.75, 3.05) is 0 Å². The van der Waals surface area contributed by atoms with Gasteiger partial charge in [0.05, 0.1) is 4.92 Å². The van der Waals surface area contributed by atoms with E-state index in [-0.39, 0.29) is 16.0 Å². The second kappa shape index (κ2) is 6.17. The highest BCUT2D eigenvalue weighted by Gasteiger charge is 2.17. The van der Waals surface area contributed by atoms with Crippen molar-refractivity contribution in [2.24, 2.45) is 0 Å². The maximum atomic E-state index is 12.1. The summed E-state index contributed by atoms with van der Waals surface area (Å²) in [6, 6.07) is 11.0. The molecule has 0 aliphatic carbocycles. The molecule has 0 radical (unpaired) electrons. The number of para-hydroxylation sites is 1. The van der Waals surface area contributed by atoms with Crippen molar-refractivity contribution < 1.29 is 10.0 Å². The van der Waals surface area contributed by atoms with E-state index in [0.717, 1.165) is 6.07 Å². The summed E-state index contributed by atoms with van der Waals surface area (Å²) in [6.45, 7) is 0. The molecule has 0 amide bonds. The minimum absolute atomic E-state index is 0.131. The number of nitro groups is 1. The van der Waals surface area contributed by atoms with Crippen molar-refractivity contribution in [3.63, 3.8) is 0 Å². The Balaban J connectivity index is 2.06. The minimum Gasteiger partial charge on any atom is -0.502 e. The van der Waals surface area contributed by atoms with Crippen LogP contribution < -0.4 is 5.43 Å². The van der Waals surface area contributed by atoms with Crippen LogP contribution in [-0.4, -0.2) is 15.0 Å². The Morgan fingerprint density at radius 1 is 1.17 bits per heavy atom. The number of H-pyrrole nitrogens is 1. The van der Waals surface area contributed by atoms with Gasteiger partial charge in [0.1, 0.15) is 0 Å². The average molecular weight is 343 g/mol. The van der Waals surface area contributed by atoms with Gasteiger partial charge >= 0.3 is 5.69 Å². The molecule has 24 heavy (non-hydrogen) atoms. The SMILES string of the molecule is O=c1cc(C=Cc2cc(Cl)cc([N+](=O)[O-])c2O)[nH]c2ccccc12. The van der Waals surface area contributed by atoms with E-state index in [2.05, 4.69) is 4.98 Å². The maximum absolute atomic E-state index is 12.1. The van der Waals surface area contributed by atoms with Crippen molar-refractivity contribution in [1.82, 2.24) is 4.98 Å². The van der Waals surface area contributed by atoms with Crippen LogP contribution in [0, 0.1) is 10.1 Å². The average Bonchev–Trinajstić information content (AvgIpc) is 2.55. The van der Waals surface area contributed by atoms with E-state index in [1.165, 1.54) is 18.2 Å². The standard InChI is InChI=1S/C17H11ClN2O4/c18-11-7-10(17(22)15(8-11)20(23)24)5-6-12-9-16(21)13-3-1-2-4-14(13)19-12/h1-9,22H,(H,19,21). The predicted molar refractivity (Wildman–Crippen MR) is 93.3 cm³/mol. The molecular formula is C17H11ClN2O4. The maximum Gasteiger partial charge on any atom is 0.312 e. The zero-order valence-corrected chi connectivity index (χ0v) is 12.9. The van der Waals surface area contributed by atoms with Crippen LogP contribution in [-0.2, 0) is 0 Å². The Hall–Kier alpha value is -3.12. The van der Waals surface area contributed by atoms with E-state index < -0.39 is 16.4 Å². The van der Waals surface area contributed by atoms with Gasteiger partial charge in [-0.05, 0) is 30.4 Å². The molecule has 0 atom stereocenters. The number of benzene rings is 2. The summed E-state index contributed by atoms with van der Waals surface area (Å²) in [5, 5.41) is 21.6. The highest BCUT2D eigenvalue weighted by molar-refractivity contribution is 6.31. The molecule has 0 spiro atoms. The molecule has 0 aliphatic heterocycles. The number of nitro benzene ring substituents is 1. The van der Waals surface area contributed by atoms with E-state index in [1.54, 1.807) is 30.3 Å². The van der Waals surface area contributed by atoms with Crippen molar-refractivity contribution >= 4 is 40.3 Å². The molecule has 0 aliphatic rings. The molecule has 7 heteroatoms. The Morgan fingerprint density at radius 3 is 2.67 bits per heavy atom. The van der Waals surface area contributed by atoms with Crippen molar-refractivity contribution in [2.45, 2.75) is 0 Å². The van der Waals surface area contributed by atoms with Gasteiger partial charge in [-0.2, -0.15) is 0 Å². The molecule has 2 aromatic carbocycles. The monoisotopic (exact) mass is 342 g/mol. The van der Waals surface area contributed by atoms with Gasteiger partial charge in [0.2, 0.25) is 5.75 Å². The number of hydrogen-bond acceptors (Lipinski definition) is 4. The first-order chi connectivity index (χ1) is 11.5. The number of phenolic OH excluding ortho intramolecular Hbond substituents is 1. The Kier molecular flexibility index (Phi) is 4.05. The molecular weight excluding hydrogens is 332 g/mol. The molecule has 3 rings (SSSR count). The predicted octanol–water partition coefficient (Wildman–Crippen LogP) is 3.97. The summed E-state index contributed by atoms with van der Waals surface area (Å²) < 4.78 is 0. The number of aromatic amines is 1. The number of aromatic hydroxyl groups is 1. The third-order valence-corrected chi connectivity index (χ3v) is 3.70. The van der Waals surface area contributed by atoms with E-state index >= 15 is 0 Å². The Morgan fingerprint density at radius 2 is 1.92 bits per heavy atom. The second-order valence-electron chi connectivity index (χ2n) is 5.09. The normalized spacial score (nSPS) is 11.2. The first-order valence-corrected chi connectivity index (χ1v) is 7.30.